The highest BCUT2D eigenvalue weighted by Crippen LogP contribution is 2.22. The van der Waals surface area contributed by atoms with Crippen LogP contribution in [0.4, 0.5) is 0 Å². The molecule has 0 spiro atoms. The molecule has 3 rings (SSSR count). The normalized spacial score (nSPS) is 13.3. The number of halogens is 2. The van der Waals surface area contributed by atoms with Crippen molar-refractivity contribution in [1.82, 2.24) is 10.6 Å². The smallest absolute Gasteiger partial charge is 0.255 e. The number of carbonyl (C=O) groups is 1. The quantitative estimate of drug-likeness (QED) is 0.730. The van der Waals surface area contributed by atoms with E-state index in [9.17, 15) is 4.79 Å². The van der Waals surface area contributed by atoms with Gasteiger partial charge in [-0.05, 0) is 31.2 Å². The standard InChI is InChI=1S/C20H21ClN2O2.ClH/c21-18-7-3-1-5-16(18)14-25-19-8-4-2-6-17(19)20(24)23-13-15-9-11-22-12-10-15;/h1-9,22H,10-14H2,(H,23,24);1H. The van der Waals surface area contributed by atoms with E-state index in [1.807, 2.05) is 36.4 Å². The highest BCUT2D eigenvalue weighted by atomic mass is 35.5. The molecule has 138 valence electrons. The van der Waals surface area contributed by atoms with Gasteiger partial charge in [-0.2, -0.15) is 0 Å². The number of rotatable bonds is 6. The van der Waals surface area contributed by atoms with Crippen molar-refractivity contribution >= 4 is 29.9 Å². The lowest BCUT2D eigenvalue weighted by molar-refractivity contribution is 0.0952. The zero-order valence-corrected chi connectivity index (χ0v) is 15.9. The summed E-state index contributed by atoms with van der Waals surface area (Å²) in [5, 5.41) is 6.89. The minimum atomic E-state index is -0.130. The fraction of sp³-hybridized carbons (Fsp3) is 0.250. The maximum Gasteiger partial charge on any atom is 0.255 e. The molecule has 0 bridgehead atoms. The fourth-order valence-electron chi connectivity index (χ4n) is 2.67. The van der Waals surface area contributed by atoms with Crippen molar-refractivity contribution in [2.75, 3.05) is 19.6 Å². The molecule has 4 nitrogen and oxygen atoms in total. The number of hydrogen-bond donors (Lipinski definition) is 2. The zero-order valence-electron chi connectivity index (χ0n) is 14.3. The van der Waals surface area contributed by atoms with Gasteiger partial charge >= 0.3 is 0 Å². The summed E-state index contributed by atoms with van der Waals surface area (Å²) in [4.78, 5) is 12.5. The first-order valence-electron chi connectivity index (χ1n) is 8.36. The second-order valence-electron chi connectivity index (χ2n) is 5.88. The molecule has 0 radical (unpaired) electrons. The molecule has 2 N–H and O–H groups in total. The second-order valence-corrected chi connectivity index (χ2v) is 6.28. The topological polar surface area (TPSA) is 50.4 Å². The number of benzene rings is 2. The van der Waals surface area contributed by atoms with Gasteiger partial charge in [0.2, 0.25) is 0 Å². The van der Waals surface area contributed by atoms with Crippen molar-refractivity contribution in [2.45, 2.75) is 13.0 Å². The fourth-order valence-corrected chi connectivity index (χ4v) is 2.86. The highest BCUT2D eigenvalue weighted by Gasteiger charge is 2.13. The number of nitrogens with one attached hydrogen (secondary N) is 2. The molecule has 1 aliphatic rings. The molecule has 0 aliphatic carbocycles. The Labute approximate surface area is 165 Å². The minimum Gasteiger partial charge on any atom is -0.488 e. The Balaban J connectivity index is 0.00000243. The van der Waals surface area contributed by atoms with E-state index in [-0.39, 0.29) is 18.3 Å². The largest absolute Gasteiger partial charge is 0.488 e. The summed E-state index contributed by atoms with van der Waals surface area (Å²) in [5.74, 6) is 0.424. The van der Waals surface area contributed by atoms with Gasteiger partial charge in [0, 0.05) is 23.7 Å². The summed E-state index contributed by atoms with van der Waals surface area (Å²) >= 11 is 6.16. The van der Waals surface area contributed by atoms with E-state index in [2.05, 4.69) is 16.7 Å². The Bertz CT molecular complexity index is 778. The SMILES string of the molecule is Cl.O=C(NCC1=CCNCC1)c1ccccc1OCc1ccccc1Cl. The second kappa shape index (κ2) is 10.2. The van der Waals surface area contributed by atoms with Gasteiger partial charge in [-0.15, -0.1) is 12.4 Å². The van der Waals surface area contributed by atoms with Gasteiger partial charge in [0.05, 0.1) is 5.56 Å². The van der Waals surface area contributed by atoms with Gasteiger partial charge in [-0.1, -0.05) is 53.6 Å². The first-order chi connectivity index (χ1) is 12.2. The molecule has 1 aliphatic heterocycles. The maximum absolute atomic E-state index is 12.5. The maximum atomic E-state index is 12.5. The molecule has 0 atom stereocenters. The van der Waals surface area contributed by atoms with Crippen LogP contribution in [0, 0.1) is 0 Å². The molecule has 2 aromatic carbocycles. The molecular formula is C20H22Cl2N2O2. The van der Waals surface area contributed by atoms with E-state index in [4.69, 9.17) is 16.3 Å². The Morgan fingerprint density at radius 2 is 1.92 bits per heavy atom. The van der Waals surface area contributed by atoms with Gasteiger partial charge in [-0.25, -0.2) is 0 Å². The van der Waals surface area contributed by atoms with Crippen molar-refractivity contribution in [3.05, 3.63) is 76.3 Å². The molecule has 1 amide bonds. The lowest BCUT2D eigenvalue weighted by Crippen LogP contribution is -2.29. The van der Waals surface area contributed by atoms with E-state index >= 15 is 0 Å². The average molecular weight is 393 g/mol. The Morgan fingerprint density at radius 3 is 2.69 bits per heavy atom. The van der Waals surface area contributed by atoms with Gasteiger partial charge in [0.1, 0.15) is 12.4 Å². The van der Waals surface area contributed by atoms with E-state index in [0.717, 1.165) is 25.1 Å². The van der Waals surface area contributed by atoms with Crippen LogP contribution in [0.2, 0.25) is 5.02 Å². The predicted octanol–water partition coefficient (Wildman–Crippen LogP) is 3.99. The molecule has 26 heavy (non-hydrogen) atoms. The molecule has 1 heterocycles. The first kappa shape index (κ1) is 20.3. The molecular weight excluding hydrogens is 371 g/mol. The van der Waals surface area contributed by atoms with Crippen LogP contribution < -0.4 is 15.4 Å². The van der Waals surface area contributed by atoms with Gasteiger partial charge in [-0.3, -0.25) is 4.79 Å². The Morgan fingerprint density at radius 1 is 1.15 bits per heavy atom. The van der Waals surface area contributed by atoms with Crippen molar-refractivity contribution in [1.29, 1.82) is 0 Å². The van der Waals surface area contributed by atoms with E-state index in [0.29, 0.717) is 29.5 Å². The lowest BCUT2D eigenvalue weighted by Gasteiger charge is -2.16. The van der Waals surface area contributed by atoms with Crippen LogP contribution >= 0.6 is 24.0 Å². The number of carbonyl (C=O) groups excluding carboxylic acids is 1. The van der Waals surface area contributed by atoms with E-state index < -0.39 is 0 Å². The zero-order chi connectivity index (χ0) is 17.5. The first-order valence-corrected chi connectivity index (χ1v) is 8.74. The van der Waals surface area contributed by atoms with Gasteiger partial charge < -0.3 is 15.4 Å². The van der Waals surface area contributed by atoms with Crippen LogP contribution in [0.1, 0.15) is 22.3 Å². The third-order valence-electron chi connectivity index (χ3n) is 4.11. The molecule has 2 aromatic rings. The molecule has 6 heteroatoms. The van der Waals surface area contributed by atoms with Crippen LogP contribution in [-0.2, 0) is 6.61 Å². The van der Waals surface area contributed by atoms with Crippen LogP contribution in [0.3, 0.4) is 0 Å². The molecule has 0 saturated carbocycles. The summed E-state index contributed by atoms with van der Waals surface area (Å²) in [5.41, 5.74) is 2.67. The van der Waals surface area contributed by atoms with Crippen molar-refractivity contribution in [3.8, 4) is 5.75 Å². The summed E-state index contributed by atoms with van der Waals surface area (Å²) in [7, 11) is 0. The molecule has 0 unspecified atom stereocenters. The van der Waals surface area contributed by atoms with Crippen LogP contribution in [0.15, 0.2) is 60.2 Å². The predicted molar refractivity (Wildman–Crippen MR) is 107 cm³/mol. The van der Waals surface area contributed by atoms with Gasteiger partial charge in [0.25, 0.3) is 5.91 Å². The highest BCUT2D eigenvalue weighted by molar-refractivity contribution is 6.31. The van der Waals surface area contributed by atoms with E-state index in [1.165, 1.54) is 5.57 Å². The molecule has 0 saturated heterocycles. The monoisotopic (exact) mass is 392 g/mol. The van der Waals surface area contributed by atoms with Gasteiger partial charge in [0.15, 0.2) is 0 Å². The number of amides is 1. The Hall–Kier alpha value is -2.01. The van der Waals surface area contributed by atoms with Crippen LogP contribution in [0.5, 0.6) is 5.75 Å². The lowest BCUT2D eigenvalue weighted by atomic mass is 10.1. The third-order valence-corrected chi connectivity index (χ3v) is 4.48. The summed E-state index contributed by atoms with van der Waals surface area (Å²) in [6.45, 7) is 2.71. The third kappa shape index (κ3) is 5.49. The summed E-state index contributed by atoms with van der Waals surface area (Å²) in [6, 6.07) is 14.8. The minimum absolute atomic E-state index is 0. The number of ether oxygens (including phenoxy) is 1. The van der Waals surface area contributed by atoms with Crippen molar-refractivity contribution in [3.63, 3.8) is 0 Å². The summed E-state index contributed by atoms with van der Waals surface area (Å²) < 4.78 is 5.85. The molecule has 0 fully saturated rings. The Kier molecular flexibility index (Phi) is 7.98. The van der Waals surface area contributed by atoms with E-state index in [1.54, 1.807) is 12.1 Å². The van der Waals surface area contributed by atoms with Crippen molar-refractivity contribution < 1.29 is 9.53 Å². The molecule has 0 aromatic heterocycles. The number of para-hydroxylation sites is 1. The average Bonchev–Trinajstić information content (AvgIpc) is 2.66. The number of hydrogen-bond acceptors (Lipinski definition) is 3. The summed E-state index contributed by atoms with van der Waals surface area (Å²) in [6.07, 6.45) is 3.09. The van der Waals surface area contributed by atoms with Crippen LogP contribution in [-0.4, -0.2) is 25.5 Å². The van der Waals surface area contributed by atoms with Crippen LogP contribution in [0.25, 0.3) is 0 Å². The van der Waals surface area contributed by atoms with Crippen molar-refractivity contribution in [2.24, 2.45) is 0 Å².